The predicted octanol–water partition coefficient (Wildman–Crippen LogP) is -0.220. The van der Waals surface area contributed by atoms with Crippen LogP contribution in [0.2, 0.25) is 0 Å². The number of hydrogen-bond donors (Lipinski definition) is 2. The fraction of sp³-hybridized carbons (Fsp3) is 0.308. The molecule has 1 aliphatic rings. The van der Waals surface area contributed by atoms with E-state index >= 15 is 0 Å². The lowest BCUT2D eigenvalue weighted by Crippen LogP contribution is -2.38. The van der Waals surface area contributed by atoms with Crippen LogP contribution in [0.15, 0.2) is 24.3 Å². The molecule has 3 amide bonds. The van der Waals surface area contributed by atoms with Crippen molar-refractivity contribution in [2.24, 2.45) is 11.7 Å². The molecule has 3 N–H and O–H groups in total. The van der Waals surface area contributed by atoms with Crippen LogP contribution in [-0.4, -0.2) is 30.8 Å². The Bertz CT molecular complexity index is 562. The summed E-state index contributed by atoms with van der Waals surface area (Å²) in [6.45, 7) is -0.101. The smallest absolute Gasteiger partial charge is 0.236 e. The van der Waals surface area contributed by atoms with E-state index in [4.69, 9.17) is 5.73 Å². The number of carbonyl (C=O) groups is 3. The molecule has 1 aromatic rings. The van der Waals surface area contributed by atoms with Gasteiger partial charge < -0.3 is 16.0 Å². The molecule has 1 saturated heterocycles. The molecule has 1 heterocycles. The monoisotopic (exact) mass is 279 g/mol. The van der Waals surface area contributed by atoms with Crippen LogP contribution in [0.4, 0.5) is 10.1 Å². The first-order valence-electron chi connectivity index (χ1n) is 6.09. The first-order chi connectivity index (χ1) is 9.47. The predicted molar refractivity (Wildman–Crippen MR) is 69.1 cm³/mol. The lowest BCUT2D eigenvalue weighted by atomic mass is 10.1. The number of carbonyl (C=O) groups excluding carboxylic acids is 3. The zero-order valence-electron chi connectivity index (χ0n) is 10.6. The fourth-order valence-electron chi connectivity index (χ4n) is 2.10. The molecule has 1 unspecified atom stereocenters. The lowest BCUT2D eigenvalue weighted by Gasteiger charge is -2.16. The molecule has 1 atom stereocenters. The number of benzene rings is 1. The second-order valence-corrected chi connectivity index (χ2v) is 4.57. The summed E-state index contributed by atoms with van der Waals surface area (Å²) in [7, 11) is 0. The Morgan fingerprint density at radius 1 is 1.45 bits per heavy atom. The third-order valence-electron chi connectivity index (χ3n) is 3.05. The minimum atomic E-state index is -0.648. The fourth-order valence-corrected chi connectivity index (χ4v) is 2.10. The number of amides is 3. The van der Waals surface area contributed by atoms with Gasteiger partial charge in [0.25, 0.3) is 0 Å². The van der Waals surface area contributed by atoms with E-state index in [-0.39, 0.29) is 25.4 Å². The molecule has 1 aliphatic heterocycles. The molecule has 1 aromatic carbocycles. The number of anilines is 1. The van der Waals surface area contributed by atoms with Crippen LogP contribution in [0, 0.1) is 11.7 Å². The highest BCUT2D eigenvalue weighted by molar-refractivity contribution is 6.00. The number of halogens is 1. The summed E-state index contributed by atoms with van der Waals surface area (Å²) in [6, 6.07) is 5.62. The molecule has 7 heteroatoms. The van der Waals surface area contributed by atoms with E-state index in [0.29, 0.717) is 5.69 Å². The maximum atomic E-state index is 13.1. The zero-order valence-corrected chi connectivity index (χ0v) is 10.6. The van der Waals surface area contributed by atoms with Crippen LogP contribution in [0.25, 0.3) is 0 Å². The van der Waals surface area contributed by atoms with Gasteiger partial charge in [-0.15, -0.1) is 0 Å². The Hall–Kier alpha value is -2.44. The Balaban J connectivity index is 2.03. The van der Waals surface area contributed by atoms with Crippen LogP contribution in [-0.2, 0) is 14.4 Å². The topological polar surface area (TPSA) is 92.5 Å². The van der Waals surface area contributed by atoms with Gasteiger partial charge in [0.2, 0.25) is 17.7 Å². The van der Waals surface area contributed by atoms with Crippen molar-refractivity contribution in [3.63, 3.8) is 0 Å². The van der Waals surface area contributed by atoms with Gasteiger partial charge in [-0.2, -0.15) is 0 Å². The SMILES string of the molecule is NC(=O)CNC(=O)C1CC(=O)N(c2cccc(F)c2)C1. The van der Waals surface area contributed by atoms with Crippen molar-refractivity contribution in [3.05, 3.63) is 30.1 Å². The van der Waals surface area contributed by atoms with Crippen molar-refractivity contribution in [3.8, 4) is 0 Å². The van der Waals surface area contributed by atoms with Crippen LogP contribution < -0.4 is 16.0 Å². The van der Waals surface area contributed by atoms with Gasteiger partial charge in [-0.25, -0.2) is 4.39 Å². The Morgan fingerprint density at radius 3 is 2.85 bits per heavy atom. The van der Waals surface area contributed by atoms with E-state index in [1.807, 2.05) is 0 Å². The largest absolute Gasteiger partial charge is 0.368 e. The zero-order chi connectivity index (χ0) is 14.7. The maximum absolute atomic E-state index is 13.1. The average Bonchev–Trinajstić information content (AvgIpc) is 2.78. The van der Waals surface area contributed by atoms with Gasteiger partial charge >= 0.3 is 0 Å². The van der Waals surface area contributed by atoms with Gasteiger partial charge in [-0.1, -0.05) is 6.07 Å². The summed E-state index contributed by atoms with van der Waals surface area (Å²) in [6.07, 6.45) is 0.0289. The van der Waals surface area contributed by atoms with Crippen molar-refractivity contribution in [1.82, 2.24) is 5.32 Å². The molecular weight excluding hydrogens is 265 g/mol. The summed E-state index contributed by atoms with van der Waals surface area (Å²) in [5.74, 6) is -2.32. The second-order valence-electron chi connectivity index (χ2n) is 4.57. The van der Waals surface area contributed by atoms with Gasteiger partial charge in [-0.05, 0) is 18.2 Å². The van der Waals surface area contributed by atoms with Crippen LogP contribution in [0.5, 0.6) is 0 Å². The summed E-state index contributed by atoms with van der Waals surface area (Å²) in [4.78, 5) is 35.6. The molecule has 1 fully saturated rings. The normalized spacial score (nSPS) is 18.1. The minimum Gasteiger partial charge on any atom is -0.368 e. The number of nitrogens with one attached hydrogen (secondary N) is 1. The first-order valence-corrected chi connectivity index (χ1v) is 6.09. The molecule has 106 valence electrons. The van der Waals surface area contributed by atoms with E-state index in [0.717, 1.165) is 0 Å². The van der Waals surface area contributed by atoms with Crippen molar-refractivity contribution < 1.29 is 18.8 Å². The van der Waals surface area contributed by atoms with Gasteiger partial charge in [0.1, 0.15) is 5.82 Å². The van der Waals surface area contributed by atoms with Gasteiger partial charge in [-0.3, -0.25) is 14.4 Å². The molecule has 2 rings (SSSR count). The van der Waals surface area contributed by atoms with E-state index in [1.54, 1.807) is 6.07 Å². The van der Waals surface area contributed by atoms with Crippen LogP contribution >= 0.6 is 0 Å². The molecule has 6 nitrogen and oxygen atoms in total. The summed E-state index contributed by atoms with van der Waals surface area (Å²) in [5, 5.41) is 2.36. The number of primary amides is 1. The van der Waals surface area contributed by atoms with E-state index in [9.17, 15) is 18.8 Å². The Morgan fingerprint density at radius 2 is 2.20 bits per heavy atom. The minimum absolute atomic E-state index is 0.0289. The quantitative estimate of drug-likeness (QED) is 0.798. The highest BCUT2D eigenvalue weighted by Crippen LogP contribution is 2.25. The molecule has 0 saturated carbocycles. The number of rotatable bonds is 4. The molecule has 0 bridgehead atoms. The lowest BCUT2D eigenvalue weighted by molar-refractivity contribution is -0.128. The number of hydrogen-bond acceptors (Lipinski definition) is 3. The Labute approximate surface area is 114 Å². The van der Waals surface area contributed by atoms with Crippen molar-refractivity contribution >= 4 is 23.4 Å². The van der Waals surface area contributed by atoms with E-state index < -0.39 is 23.5 Å². The third kappa shape index (κ3) is 3.11. The van der Waals surface area contributed by atoms with E-state index in [2.05, 4.69) is 5.32 Å². The molecule has 0 aliphatic carbocycles. The molecule has 0 radical (unpaired) electrons. The van der Waals surface area contributed by atoms with Gasteiger partial charge in [0, 0.05) is 18.7 Å². The highest BCUT2D eigenvalue weighted by atomic mass is 19.1. The number of nitrogens with zero attached hydrogens (tertiary/aromatic N) is 1. The first kappa shape index (κ1) is 14.0. The second kappa shape index (κ2) is 5.68. The summed E-state index contributed by atoms with van der Waals surface area (Å²) < 4.78 is 13.1. The highest BCUT2D eigenvalue weighted by Gasteiger charge is 2.35. The standard InChI is InChI=1S/C13H14FN3O3/c14-9-2-1-3-10(5-9)17-7-8(4-12(17)19)13(20)16-6-11(15)18/h1-3,5,8H,4,6-7H2,(H2,15,18)(H,16,20). The molecular formula is C13H14FN3O3. The van der Waals surface area contributed by atoms with Crippen molar-refractivity contribution in [1.29, 1.82) is 0 Å². The summed E-state index contributed by atoms with van der Waals surface area (Å²) in [5.41, 5.74) is 5.35. The van der Waals surface area contributed by atoms with Crippen molar-refractivity contribution in [2.75, 3.05) is 18.0 Å². The summed E-state index contributed by atoms with van der Waals surface area (Å²) >= 11 is 0. The van der Waals surface area contributed by atoms with Crippen LogP contribution in [0.1, 0.15) is 6.42 Å². The third-order valence-corrected chi connectivity index (χ3v) is 3.05. The van der Waals surface area contributed by atoms with E-state index in [1.165, 1.54) is 23.1 Å². The Kier molecular flexibility index (Phi) is 3.97. The number of nitrogens with two attached hydrogens (primary N) is 1. The average molecular weight is 279 g/mol. The molecule has 20 heavy (non-hydrogen) atoms. The van der Waals surface area contributed by atoms with Gasteiger partial charge in [0.05, 0.1) is 12.5 Å². The van der Waals surface area contributed by atoms with Crippen molar-refractivity contribution in [2.45, 2.75) is 6.42 Å². The van der Waals surface area contributed by atoms with Gasteiger partial charge in [0.15, 0.2) is 0 Å². The molecule has 0 aromatic heterocycles. The maximum Gasteiger partial charge on any atom is 0.236 e. The van der Waals surface area contributed by atoms with Crippen LogP contribution in [0.3, 0.4) is 0 Å². The molecule has 0 spiro atoms.